The van der Waals surface area contributed by atoms with E-state index < -0.39 is 0 Å². The Labute approximate surface area is 90.7 Å². The van der Waals surface area contributed by atoms with Crippen molar-refractivity contribution >= 4 is 0 Å². The van der Waals surface area contributed by atoms with Gasteiger partial charge in [-0.15, -0.1) is 0 Å². The molecule has 1 heterocycles. The molecule has 1 aliphatic heterocycles. The van der Waals surface area contributed by atoms with Crippen molar-refractivity contribution in [3.8, 4) is 0 Å². The van der Waals surface area contributed by atoms with Crippen molar-refractivity contribution in [1.82, 2.24) is 5.32 Å². The first-order valence-corrected chi connectivity index (χ1v) is 6.55. The molecule has 14 heavy (non-hydrogen) atoms. The van der Waals surface area contributed by atoms with E-state index in [0.29, 0.717) is 0 Å². The largest absolute Gasteiger partial charge is 0.316 e. The summed E-state index contributed by atoms with van der Waals surface area (Å²) in [4.78, 5) is 0. The maximum atomic E-state index is 3.45. The first-order chi connectivity index (χ1) is 6.84. The van der Waals surface area contributed by atoms with E-state index in [9.17, 15) is 0 Å². The number of rotatable bonds is 4. The summed E-state index contributed by atoms with van der Waals surface area (Å²) < 4.78 is 0. The van der Waals surface area contributed by atoms with Crippen LogP contribution >= 0.6 is 0 Å². The van der Waals surface area contributed by atoms with E-state index >= 15 is 0 Å². The molecule has 0 saturated carbocycles. The summed E-state index contributed by atoms with van der Waals surface area (Å²) in [5.74, 6) is 1.92. The predicted molar refractivity (Wildman–Crippen MR) is 65.6 cm³/mol. The van der Waals surface area contributed by atoms with Crippen LogP contribution in [0.3, 0.4) is 0 Å². The lowest BCUT2D eigenvalue weighted by molar-refractivity contribution is 0.252. The molecule has 1 aliphatic rings. The molecule has 0 radical (unpaired) electrons. The molecule has 86 valence electrons. The minimum absolute atomic E-state index is 0.913. The van der Waals surface area contributed by atoms with E-state index in [1.165, 1.54) is 45.2 Å². The lowest BCUT2D eigenvalue weighted by Crippen LogP contribution is -2.34. The Balaban J connectivity index is 0.000000791. The van der Waals surface area contributed by atoms with E-state index in [-0.39, 0.29) is 0 Å². The highest BCUT2D eigenvalue weighted by Gasteiger charge is 2.19. The summed E-state index contributed by atoms with van der Waals surface area (Å²) >= 11 is 0. The second kappa shape index (κ2) is 9.51. The van der Waals surface area contributed by atoms with Crippen molar-refractivity contribution in [3.63, 3.8) is 0 Å². The van der Waals surface area contributed by atoms with Crippen LogP contribution in [-0.2, 0) is 0 Å². The molecule has 0 aromatic rings. The molecule has 0 aliphatic carbocycles. The number of hydrogen-bond acceptors (Lipinski definition) is 1. The van der Waals surface area contributed by atoms with Crippen molar-refractivity contribution in [2.24, 2.45) is 11.8 Å². The molecule has 0 amide bonds. The van der Waals surface area contributed by atoms with Gasteiger partial charge in [0.25, 0.3) is 0 Å². The topological polar surface area (TPSA) is 12.0 Å². The molecular formula is C13H29N. The van der Waals surface area contributed by atoms with Gasteiger partial charge in [-0.25, -0.2) is 0 Å². The van der Waals surface area contributed by atoms with Crippen molar-refractivity contribution in [1.29, 1.82) is 0 Å². The second-order valence-electron chi connectivity index (χ2n) is 4.23. The quantitative estimate of drug-likeness (QED) is 0.678. The Hall–Kier alpha value is -0.0400. The van der Waals surface area contributed by atoms with Crippen molar-refractivity contribution in [2.75, 3.05) is 13.1 Å². The summed E-state index contributed by atoms with van der Waals surface area (Å²) in [5, 5.41) is 3.45. The molecule has 0 aromatic carbocycles. The third kappa shape index (κ3) is 5.64. The van der Waals surface area contributed by atoms with Crippen LogP contribution in [0.1, 0.15) is 59.8 Å². The van der Waals surface area contributed by atoms with Gasteiger partial charge in [-0.1, -0.05) is 53.4 Å². The van der Waals surface area contributed by atoms with Gasteiger partial charge < -0.3 is 5.32 Å². The first-order valence-electron chi connectivity index (χ1n) is 6.55. The molecule has 1 nitrogen and oxygen atoms in total. The molecule has 0 bridgehead atoms. The van der Waals surface area contributed by atoms with Gasteiger partial charge in [0.2, 0.25) is 0 Å². The predicted octanol–water partition coefficient (Wildman–Crippen LogP) is 3.84. The van der Waals surface area contributed by atoms with Crippen molar-refractivity contribution in [2.45, 2.75) is 59.8 Å². The van der Waals surface area contributed by atoms with E-state index in [0.717, 1.165) is 11.8 Å². The van der Waals surface area contributed by atoms with Gasteiger partial charge in [-0.2, -0.15) is 0 Å². The number of piperidine rings is 1. The lowest BCUT2D eigenvalue weighted by Gasteiger charge is -2.29. The van der Waals surface area contributed by atoms with Gasteiger partial charge in [0.15, 0.2) is 0 Å². The Kier molecular flexibility index (Phi) is 9.49. The summed E-state index contributed by atoms with van der Waals surface area (Å²) in [6, 6.07) is 0. The molecule has 2 atom stereocenters. The summed E-state index contributed by atoms with van der Waals surface area (Å²) in [5.41, 5.74) is 0. The fourth-order valence-electron chi connectivity index (χ4n) is 2.15. The van der Waals surface area contributed by atoms with Gasteiger partial charge in [0.05, 0.1) is 0 Å². The maximum Gasteiger partial charge on any atom is -0.00205 e. The zero-order valence-electron chi connectivity index (χ0n) is 10.6. The lowest BCUT2D eigenvalue weighted by atomic mass is 9.84. The molecule has 1 saturated heterocycles. The van der Waals surface area contributed by atoms with Gasteiger partial charge in [-0.3, -0.25) is 0 Å². The highest BCUT2D eigenvalue weighted by Crippen LogP contribution is 2.24. The zero-order chi connectivity index (χ0) is 10.8. The van der Waals surface area contributed by atoms with Crippen LogP contribution in [0, 0.1) is 11.8 Å². The number of nitrogens with one attached hydrogen (secondary N) is 1. The Morgan fingerprint density at radius 1 is 1.21 bits per heavy atom. The molecule has 1 heteroatoms. The highest BCUT2D eigenvalue weighted by molar-refractivity contribution is 4.74. The minimum Gasteiger partial charge on any atom is -0.316 e. The van der Waals surface area contributed by atoms with Crippen LogP contribution in [0.5, 0.6) is 0 Å². The van der Waals surface area contributed by atoms with E-state index in [4.69, 9.17) is 0 Å². The van der Waals surface area contributed by atoms with Gasteiger partial charge in [0, 0.05) is 0 Å². The van der Waals surface area contributed by atoms with E-state index in [2.05, 4.69) is 19.2 Å². The normalized spacial score (nSPS) is 26.6. The van der Waals surface area contributed by atoms with Gasteiger partial charge >= 0.3 is 0 Å². The molecule has 1 rings (SSSR count). The average molecular weight is 199 g/mol. The van der Waals surface area contributed by atoms with Crippen molar-refractivity contribution in [3.05, 3.63) is 0 Å². The fourth-order valence-corrected chi connectivity index (χ4v) is 2.15. The van der Waals surface area contributed by atoms with Crippen molar-refractivity contribution < 1.29 is 0 Å². The standard InChI is InChI=1S/C11H23N.C2H6/c1-3-4-5-6-11-7-8-12-9-10(11)2;1-2/h10-12H,3-9H2,1-2H3;1-2H3. The third-order valence-corrected chi connectivity index (χ3v) is 3.14. The minimum atomic E-state index is 0.913. The SMILES string of the molecule is CC.CCCCCC1CCNCC1C. The molecule has 1 N–H and O–H groups in total. The van der Waals surface area contributed by atoms with Gasteiger partial charge in [0.1, 0.15) is 0 Å². The average Bonchev–Trinajstić information content (AvgIpc) is 2.24. The third-order valence-electron chi connectivity index (χ3n) is 3.14. The van der Waals surface area contributed by atoms with Gasteiger partial charge in [-0.05, 0) is 31.3 Å². The summed E-state index contributed by atoms with van der Waals surface area (Å²) in [6.45, 7) is 11.2. The first kappa shape index (κ1) is 14.0. The van der Waals surface area contributed by atoms with Crippen LogP contribution in [0.2, 0.25) is 0 Å². The Bertz CT molecular complexity index is 112. The highest BCUT2D eigenvalue weighted by atomic mass is 14.9. The van der Waals surface area contributed by atoms with Crippen LogP contribution in [0.25, 0.3) is 0 Å². The van der Waals surface area contributed by atoms with E-state index in [1.807, 2.05) is 13.8 Å². The van der Waals surface area contributed by atoms with Crippen LogP contribution in [-0.4, -0.2) is 13.1 Å². The molecule has 0 aromatic heterocycles. The molecule has 2 unspecified atom stereocenters. The molecular weight excluding hydrogens is 170 g/mol. The van der Waals surface area contributed by atoms with Crippen LogP contribution < -0.4 is 5.32 Å². The van der Waals surface area contributed by atoms with Crippen LogP contribution in [0.15, 0.2) is 0 Å². The fraction of sp³-hybridized carbons (Fsp3) is 1.00. The summed E-state index contributed by atoms with van der Waals surface area (Å²) in [6.07, 6.45) is 7.11. The smallest absolute Gasteiger partial charge is 0.00205 e. The zero-order valence-corrected chi connectivity index (χ0v) is 10.6. The van der Waals surface area contributed by atoms with Crippen LogP contribution in [0.4, 0.5) is 0 Å². The number of hydrogen-bond donors (Lipinski definition) is 1. The molecule has 0 spiro atoms. The maximum absolute atomic E-state index is 3.45. The molecule has 1 fully saturated rings. The Morgan fingerprint density at radius 3 is 2.50 bits per heavy atom. The van der Waals surface area contributed by atoms with E-state index in [1.54, 1.807) is 0 Å². The monoisotopic (exact) mass is 199 g/mol. The summed E-state index contributed by atoms with van der Waals surface area (Å²) in [7, 11) is 0. The second-order valence-corrected chi connectivity index (χ2v) is 4.23. The Morgan fingerprint density at radius 2 is 1.93 bits per heavy atom. The number of unbranched alkanes of at least 4 members (excludes halogenated alkanes) is 2.